The molecule has 1 aromatic heterocycles. The van der Waals surface area contributed by atoms with Crippen molar-refractivity contribution in [2.24, 2.45) is 4.99 Å². The van der Waals surface area contributed by atoms with Gasteiger partial charge in [0, 0.05) is 23.7 Å². The van der Waals surface area contributed by atoms with E-state index in [4.69, 9.17) is 4.74 Å². The average molecular weight is 315 g/mol. The number of fused-ring (bicyclic) bond motifs is 1. The summed E-state index contributed by atoms with van der Waals surface area (Å²) in [5.74, 6) is -0.359. The number of nitrogens with one attached hydrogen (secondary N) is 1. The second-order valence-corrected chi connectivity index (χ2v) is 5.52. The number of aliphatic imine (C=N–C) groups is 1. The Kier molecular flexibility index (Phi) is 3.55. The summed E-state index contributed by atoms with van der Waals surface area (Å²) < 4.78 is 6.71. The van der Waals surface area contributed by atoms with E-state index in [1.807, 2.05) is 12.2 Å². The van der Waals surface area contributed by atoms with Crippen LogP contribution in [0, 0.1) is 13.8 Å². The second kappa shape index (κ2) is 5.42. The quantitative estimate of drug-likeness (QED) is 0.881. The molecule has 0 radical (unpaired) electrons. The van der Waals surface area contributed by atoms with E-state index in [0.717, 1.165) is 17.2 Å². The Morgan fingerprint density at radius 3 is 2.83 bits per heavy atom. The van der Waals surface area contributed by atoms with Gasteiger partial charge in [0.2, 0.25) is 6.29 Å². The number of carbonyl (C=O) groups is 1. The largest absolute Gasteiger partial charge is 0.501 e. The number of carboxylic acid groups (broad SMARTS) is 1. The zero-order chi connectivity index (χ0) is 16.7. The minimum atomic E-state index is -1.15. The minimum Gasteiger partial charge on any atom is -0.501 e. The lowest BCUT2D eigenvalue weighted by molar-refractivity contribution is 0.0679. The van der Waals surface area contributed by atoms with Crippen LogP contribution in [-0.2, 0) is 4.74 Å². The molecule has 0 spiro atoms. The number of allylic oxidation sites excluding steroid dienone is 4. The number of rotatable bonds is 3. The van der Waals surface area contributed by atoms with Gasteiger partial charge < -0.3 is 19.7 Å². The van der Waals surface area contributed by atoms with Crippen molar-refractivity contribution in [2.45, 2.75) is 26.6 Å². The van der Waals surface area contributed by atoms with Crippen LogP contribution in [0.15, 0.2) is 39.6 Å². The predicted octanol–water partition coefficient (Wildman–Crippen LogP) is 1.48. The van der Waals surface area contributed by atoms with Gasteiger partial charge in [-0.1, -0.05) is 0 Å². The number of aromatic nitrogens is 1. The molecule has 120 valence electrons. The van der Waals surface area contributed by atoms with Crippen LogP contribution >= 0.6 is 0 Å². The minimum absolute atomic E-state index is 0.0541. The highest BCUT2D eigenvalue weighted by molar-refractivity contribution is 6.03. The molecule has 0 aromatic carbocycles. The van der Waals surface area contributed by atoms with E-state index in [9.17, 15) is 14.7 Å². The van der Waals surface area contributed by atoms with E-state index in [1.54, 1.807) is 14.0 Å². The van der Waals surface area contributed by atoms with Gasteiger partial charge in [-0.25, -0.2) is 9.79 Å². The van der Waals surface area contributed by atoms with Crippen molar-refractivity contribution < 1.29 is 14.6 Å². The molecule has 2 N–H and O–H groups in total. The van der Waals surface area contributed by atoms with Crippen LogP contribution in [0.2, 0.25) is 0 Å². The Morgan fingerprint density at radius 1 is 1.43 bits per heavy atom. The van der Waals surface area contributed by atoms with Crippen LogP contribution in [-0.4, -0.2) is 28.5 Å². The first kappa shape index (κ1) is 15.1. The first-order valence-electron chi connectivity index (χ1n) is 7.16. The van der Waals surface area contributed by atoms with E-state index in [1.165, 1.54) is 17.7 Å². The third-order valence-corrected chi connectivity index (χ3v) is 4.02. The van der Waals surface area contributed by atoms with Gasteiger partial charge >= 0.3 is 5.97 Å². The van der Waals surface area contributed by atoms with Crippen molar-refractivity contribution >= 4 is 11.7 Å². The van der Waals surface area contributed by atoms with Crippen LogP contribution in [0.4, 0.5) is 0 Å². The Morgan fingerprint density at radius 2 is 2.17 bits per heavy atom. The third-order valence-electron chi connectivity index (χ3n) is 4.02. The topological polar surface area (TPSA) is 92.9 Å². The fourth-order valence-corrected chi connectivity index (χ4v) is 2.82. The number of hydrogen-bond donors (Lipinski definition) is 2. The molecule has 23 heavy (non-hydrogen) atoms. The Balaban J connectivity index is 2.07. The molecular formula is C16H17N3O4. The predicted molar refractivity (Wildman–Crippen MR) is 84.5 cm³/mol. The lowest BCUT2D eigenvalue weighted by Crippen LogP contribution is -2.29. The van der Waals surface area contributed by atoms with Crippen molar-refractivity contribution in [3.8, 4) is 0 Å². The van der Waals surface area contributed by atoms with Gasteiger partial charge in [0.15, 0.2) is 5.43 Å². The number of aryl methyl sites for hydroxylation is 1. The first-order chi connectivity index (χ1) is 10.9. The fraction of sp³-hybridized carbons (Fsp3) is 0.312. The number of nitrogens with zero attached hydrogens (tertiary/aromatic N) is 2. The summed E-state index contributed by atoms with van der Waals surface area (Å²) in [6.07, 6.45) is 5.19. The van der Waals surface area contributed by atoms with E-state index in [2.05, 4.69) is 10.3 Å². The molecule has 7 nitrogen and oxygen atoms in total. The molecule has 0 fully saturated rings. The fourth-order valence-electron chi connectivity index (χ4n) is 2.82. The Bertz CT molecular complexity index is 846. The maximum atomic E-state index is 12.0. The molecule has 0 saturated heterocycles. The van der Waals surface area contributed by atoms with E-state index >= 15 is 0 Å². The lowest BCUT2D eigenvalue weighted by atomic mass is 10.1. The summed E-state index contributed by atoms with van der Waals surface area (Å²) >= 11 is 0. The molecule has 2 aliphatic rings. The van der Waals surface area contributed by atoms with Gasteiger partial charge in [0.25, 0.3) is 0 Å². The van der Waals surface area contributed by atoms with E-state index in [-0.39, 0.29) is 16.7 Å². The van der Waals surface area contributed by atoms with Crippen molar-refractivity contribution in [3.05, 3.63) is 56.8 Å². The first-order valence-corrected chi connectivity index (χ1v) is 7.16. The van der Waals surface area contributed by atoms with Gasteiger partial charge in [-0.05, 0) is 26.0 Å². The Labute approximate surface area is 132 Å². The molecule has 3 rings (SSSR count). The average Bonchev–Trinajstić information content (AvgIpc) is 2.94. The summed E-state index contributed by atoms with van der Waals surface area (Å²) in [6, 6.07) is 0. The molecule has 1 atom stereocenters. The number of pyridine rings is 1. The highest BCUT2D eigenvalue weighted by Crippen LogP contribution is 2.26. The van der Waals surface area contributed by atoms with E-state index < -0.39 is 12.3 Å². The summed E-state index contributed by atoms with van der Waals surface area (Å²) in [7, 11) is 1.60. The smallest absolute Gasteiger partial charge is 0.353 e. The van der Waals surface area contributed by atoms with Gasteiger partial charge in [0.1, 0.15) is 11.5 Å². The highest BCUT2D eigenvalue weighted by atomic mass is 16.5. The van der Waals surface area contributed by atoms with Crippen LogP contribution in [0.25, 0.3) is 0 Å². The van der Waals surface area contributed by atoms with Crippen LogP contribution in [0.1, 0.15) is 34.3 Å². The van der Waals surface area contributed by atoms with Gasteiger partial charge in [-0.15, -0.1) is 0 Å². The SMILES string of the molecule is COC1=CC=C2N[C@H](n3cc(C)c(=O)c(C)c3C(=O)O)N=C2C1. The molecule has 2 heterocycles. The lowest BCUT2D eigenvalue weighted by Gasteiger charge is -2.19. The van der Waals surface area contributed by atoms with Gasteiger partial charge in [-0.2, -0.15) is 0 Å². The molecule has 7 heteroatoms. The number of aromatic carboxylic acids is 1. The number of methoxy groups -OCH3 is 1. The highest BCUT2D eigenvalue weighted by Gasteiger charge is 2.28. The van der Waals surface area contributed by atoms with Crippen molar-refractivity contribution in [2.75, 3.05) is 7.11 Å². The third kappa shape index (κ3) is 2.44. The summed E-state index contributed by atoms with van der Waals surface area (Å²) in [5, 5.41) is 12.7. The molecular weight excluding hydrogens is 298 g/mol. The molecule has 0 saturated carbocycles. The van der Waals surface area contributed by atoms with Crippen molar-refractivity contribution in [3.63, 3.8) is 0 Å². The zero-order valence-corrected chi connectivity index (χ0v) is 13.1. The number of hydrogen-bond acceptors (Lipinski definition) is 5. The zero-order valence-electron chi connectivity index (χ0n) is 13.1. The summed E-state index contributed by atoms with van der Waals surface area (Å²) in [4.78, 5) is 28.2. The standard InChI is InChI=1S/C16H17N3O4/c1-8-7-19(13(15(21)22)9(2)14(8)20)16-17-11-5-4-10(23-3)6-12(11)18-16/h4-5,7,16-17H,6H2,1-3H3,(H,21,22)/t16-/m0/s1. The Hall–Kier alpha value is -2.83. The second-order valence-electron chi connectivity index (χ2n) is 5.52. The van der Waals surface area contributed by atoms with Crippen molar-refractivity contribution in [1.82, 2.24) is 9.88 Å². The van der Waals surface area contributed by atoms with Gasteiger partial charge in [0.05, 0.1) is 18.5 Å². The normalized spacial score (nSPS) is 19.3. The molecule has 1 aliphatic carbocycles. The van der Waals surface area contributed by atoms with Gasteiger partial charge in [-0.3, -0.25) is 4.79 Å². The van der Waals surface area contributed by atoms with E-state index in [0.29, 0.717) is 12.0 Å². The summed E-state index contributed by atoms with van der Waals surface area (Å²) in [5.41, 5.74) is 2.01. The molecule has 0 bridgehead atoms. The molecule has 0 amide bonds. The molecule has 1 aliphatic heterocycles. The van der Waals surface area contributed by atoms with Crippen molar-refractivity contribution in [1.29, 1.82) is 0 Å². The molecule has 1 aromatic rings. The summed E-state index contributed by atoms with van der Waals surface area (Å²) in [6.45, 7) is 3.19. The molecule has 0 unspecified atom stereocenters. The maximum Gasteiger partial charge on any atom is 0.353 e. The maximum absolute atomic E-state index is 12.0. The number of ether oxygens (including phenoxy) is 1. The van der Waals surface area contributed by atoms with Crippen LogP contribution in [0.5, 0.6) is 0 Å². The number of carboxylic acids is 1. The van der Waals surface area contributed by atoms with Crippen LogP contribution < -0.4 is 10.7 Å². The monoisotopic (exact) mass is 315 g/mol. The van der Waals surface area contributed by atoms with Crippen LogP contribution in [0.3, 0.4) is 0 Å².